The zero-order chi connectivity index (χ0) is 27.0. The van der Waals surface area contributed by atoms with E-state index in [-0.39, 0.29) is 41.9 Å². The third-order valence-corrected chi connectivity index (χ3v) is 10.6. The van der Waals surface area contributed by atoms with Crippen molar-refractivity contribution in [2.75, 3.05) is 6.61 Å². The van der Waals surface area contributed by atoms with Gasteiger partial charge in [-0.15, -0.1) is 0 Å². The van der Waals surface area contributed by atoms with Gasteiger partial charge in [-0.05, 0) is 73.8 Å². The van der Waals surface area contributed by atoms with Crippen molar-refractivity contribution in [3.05, 3.63) is 53.4 Å². The Bertz CT molecular complexity index is 1410. The van der Waals surface area contributed by atoms with Crippen molar-refractivity contribution in [3.63, 3.8) is 0 Å². The minimum absolute atomic E-state index is 0.0000798. The molecule has 1 heterocycles. The van der Waals surface area contributed by atoms with E-state index in [1.165, 1.54) is 6.33 Å². The number of rotatable bonds is 4. The maximum absolute atomic E-state index is 13.8. The molecule has 8 atom stereocenters. The molecule has 4 aliphatic carbocycles. The fourth-order valence-corrected chi connectivity index (χ4v) is 8.78. The molecular weight excluding hydrogens is 504 g/mol. The van der Waals surface area contributed by atoms with Gasteiger partial charge in [0, 0.05) is 21.8 Å². The Morgan fingerprint density at radius 1 is 1.26 bits per heavy atom. The lowest BCUT2D eigenvalue weighted by molar-refractivity contribution is -0.183. The van der Waals surface area contributed by atoms with Crippen LogP contribution in [0.5, 0.6) is 5.88 Å². The number of carbonyl (C=O) groups excluding carboxylic acids is 2. The summed E-state index contributed by atoms with van der Waals surface area (Å²) in [5.74, 6) is -0.306. The first-order valence-corrected chi connectivity index (χ1v) is 13.8. The number of nitrogens with zero attached hydrogens (tertiary/aromatic N) is 2. The van der Waals surface area contributed by atoms with Crippen LogP contribution >= 0.6 is 11.6 Å². The summed E-state index contributed by atoms with van der Waals surface area (Å²) in [4.78, 5) is 34.3. The number of fused-ring (bicyclic) bond motifs is 6. The SMILES string of the molecule is C[C@@H]1CC2C3CCC4=CC(=O)C=CC4(C)C3C(O)CC2(C)[C@@]1(O)C(=O)COc1ncnc2cc(Cl)ccc12. The Morgan fingerprint density at radius 3 is 2.84 bits per heavy atom. The van der Waals surface area contributed by atoms with Crippen molar-refractivity contribution in [1.29, 1.82) is 0 Å². The third kappa shape index (κ3) is 3.48. The number of ether oxygens (including phenoxy) is 1. The normalized spacial score (nSPS) is 39.8. The van der Waals surface area contributed by atoms with Gasteiger partial charge in [0.05, 0.1) is 17.0 Å². The molecule has 0 amide bonds. The van der Waals surface area contributed by atoms with Crippen molar-refractivity contribution in [2.45, 2.75) is 58.2 Å². The van der Waals surface area contributed by atoms with Gasteiger partial charge >= 0.3 is 0 Å². The zero-order valence-electron chi connectivity index (χ0n) is 21.9. The summed E-state index contributed by atoms with van der Waals surface area (Å²) in [6.45, 7) is 5.68. The molecule has 4 aliphatic rings. The smallest absolute Gasteiger partial charge is 0.224 e. The molecule has 1 aromatic heterocycles. The van der Waals surface area contributed by atoms with Crippen molar-refractivity contribution in [1.82, 2.24) is 9.97 Å². The highest BCUT2D eigenvalue weighted by Crippen LogP contribution is 2.68. The average Bonchev–Trinajstić information content (AvgIpc) is 3.08. The number of aliphatic hydroxyl groups is 2. The van der Waals surface area contributed by atoms with Crippen LogP contribution in [-0.2, 0) is 9.59 Å². The molecule has 0 spiro atoms. The number of benzene rings is 1. The molecule has 8 heteroatoms. The van der Waals surface area contributed by atoms with Gasteiger partial charge in [0.2, 0.25) is 11.7 Å². The number of aliphatic hydroxyl groups excluding tert-OH is 1. The topological polar surface area (TPSA) is 110 Å². The maximum Gasteiger partial charge on any atom is 0.224 e. The minimum Gasteiger partial charge on any atom is -0.469 e. The van der Waals surface area contributed by atoms with Crippen LogP contribution in [0.1, 0.15) is 46.5 Å². The van der Waals surface area contributed by atoms with Gasteiger partial charge < -0.3 is 14.9 Å². The Labute approximate surface area is 227 Å². The van der Waals surface area contributed by atoms with Gasteiger partial charge in [-0.2, -0.15) is 0 Å². The zero-order valence-corrected chi connectivity index (χ0v) is 22.6. The van der Waals surface area contributed by atoms with E-state index in [4.69, 9.17) is 16.3 Å². The fraction of sp³-hybridized carbons (Fsp3) is 0.533. The summed E-state index contributed by atoms with van der Waals surface area (Å²) in [5, 5.41) is 25.0. The van der Waals surface area contributed by atoms with Gasteiger partial charge in [0.15, 0.2) is 12.4 Å². The third-order valence-electron chi connectivity index (χ3n) is 10.4. The number of hydrogen-bond acceptors (Lipinski definition) is 7. The quantitative estimate of drug-likeness (QED) is 0.592. The van der Waals surface area contributed by atoms with Crippen LogP contribution in [0.2, 0.25) is 5.02 Å². The molecule has 38 heavy (non-hydrogen) atoms. The first kappa shape index (κ1) is 25.7. The number of Topliss-reactive ketones (excluding diaryl/α,β-unsaturated/α-hetero) is 1. The lowest BCUT2D eigenvalue weighted by Gasteiger charge is -2.59. The lowest BCUT2D eigenvalue weighted by atomic mass is 9.46. The average molecular weight is 537 g/mol. The Morgan fingerprint density at radius 2 is 2.05 bits per heavy atom. The van der Waals surface area contributed by atoms with Crippen LogP contribution < -0.4 is 4.74 Å². The molecule has 3 fully saturated rings. The highest BCUT2D eigenvalue weighted by Gasteiger charge is 2.70. The number of aromatic nitrogens is 2. The Balaban J connectivity index is 1.29. The summed E-state index contributed by atoms with van der Waals surface area (Å²) < 4.78 is 5.89. The number of halogens is 1. The van der Waals surface area contributed by atoms with Gasteiger partial charge in [-0.1, -0.05) is 44.0 Å². The molecule has 0 bridgehead atoms. The van der Waals surface area contributed by atoms with E-state index in [9.17, 15) is 19.8 Å². The standard InChI is InChI=1S/C30H33ClN2O5/c1-16-10-22-20-6-4-17-11-19(34)8-9-28(17,2)26(20)24(35)13-29(22,3)30(16,37)25(36)14-38-27-21-7-5-18(31)12-23(21)32-15-33-27/h5,7-9,11-12,15-16,20,22,24,26,35,37H,4,6,10,13-14H2,1-3H3/t16-,20?,22?,24?,26?,28?,29?,30+/m1/s1. The summed E-state index contributed by atoms with van der Waals surface area (Å²) in [7, 11) is 0. The number of allylic oxidation sites excluding steroid dienone is 4. The summed E-state index contributed by atoms with van der Waals surface area (Å²) >= 11 is 6.08. The van der Waals surface area contributed by atoms with Gasteiger partial charge in [-0.3, -0.25) is 9.59 Å². The van der Waals surface area contributed by atoms with Crippen molar-refractivity contribution in [3.8, 4) is 5.88 Å². The maximum atomic E-state index is 13.8. The predicted octanol–water partition coefficient (Wildman–Crippen LogP) is 4.49. The lowest BCUT2D eigenvalue weighted by Crippen LogP contribution is -2.63. The Hall–Kier alpha value is -2.61. The van der Waals surface area contributed by atoms with Crippen molar-refractivity contribution < 1.29 is 24.5 Å². The first-order chi connectivity index (χ1) is 18.0. The molecule has 6 rings (SSSR count). The molecule has 7 nitrogen and oxygen atoms in total. The molecule has 2 aromatic rings. The van der Waals surface area contributed by atoms with Crippen LogP contribution in [0.15, 0.2) is 48.3 Å². The fourth-order valence-electron chi connectivity index (χ4n) is 8.62. The van der Waals surface area contributed by atoms with E-state index in [0.29, 0.717) is 28.8 Å². The molecule has 200 valence electrons. The predicted molar refractivity (Wildman–Crippen MR) is 143 cm³/mol. The molecule has 0 radical (unpaired) electrons. The minimum atomic E-state index is -1.65. The summed E-state index contributed by atoms with van der Waals surface area (Å²) in [6.07, 6.45) is 8.58. The number of carbonyl (C=O) groups is 2. The van der Waals surface area contributed by atoms with Crippen molar-refractivity contribution >= 4 is 34.1 Å². The second-order valence-corrected chi connectivity index (χ2v) is 12.6. The van der Waals surface area contributed by atoms with E-state index in [1.807, 2.05) is 19.9 Å². The van der Waals surface area contributed by atoms with E-state index >= 15 is 0 Å². The van der Waals surface area contributed by atoms with Crippen LogP contribution in [0, 0.1) is 34.5 Å². The molecular formula is C30H33ClN2O5. The van der Waals surface area contributed by atoms with Crippen LogP contribution in [-0.4, -0.2) is 50.1 Å². The molecule has 0 saturated heterocycles. The second kappa shape index (κ2) is 8.70. The molecule has 3 saturated carbocycles. The highest BCUT2D eigenvalue weighted by molar-refractivity contribution is 6.31. The monoisotopic (exact) mass is 536 g/mol. The van der Waals surface area contributed by atoms with Crippen LogP contribution in [0.25, 0.3) is 10.9 Å². The van der Waals surface area contributed by atoms with E-state index in [2.05, 4.69) is 16.9 Å². The highest BCUT2D eigenvalue weighted by atomic mass is 35.5. The summed E-state index contributed by atoms with van der Waals surface area (Å²) in [5.41, 5.74) is -1.16. The summed E-state index contributed by atoms with van der Waals surface area (Å²) in [6, 6.07) is 5.16. The molecule has 6 unspecified atom stereocenters. The van der Waals surface area contributed by atoms with Gasteiger partial charge in [0.1, 0.15) is 11.9 Å². The second-order valence-electron chi connectivity index (χ2n) is 12.2. The van der Waals surface area contributed by atoms with Crippen LogP contribution in [0.4, 0.5) is 0 Å². The number of ketones is 2. The molecule has 2 N–H and O–H groups in total. The largest absolute Gasteiger partial charge is 0.469 e. The van der Waals surface area contributed by atoms with Gasteiger partial charge in [-0.25, -0.2) is 9.97 Å². The Kier molecular flexibility index (Phi) is 5.87. The van der Waals surface area contributed by atoms with Gasteiger partial charge in [0.25, 0.3) is 0 Å². The van der Waals surface area contributed by atoms with E-state index in [1.54, 1.807) is 30.4 Å². The molecule has 1 aromatic carbocycles. The van der Waals surface area contributed by atoms with E-state index in [0.717, 1.165) is 18.4 Å². The van der Waals surface area contributed by atoms with Crippen molar-refractivity contribution in [2.24, 2.45) is 34.5 Å². The first-order valence-electron chi connectivity index (χ1n) is 13.4. The number of hydrogen-bond donors (Lipinski definition) is 2. The van der Waals surface area contributed by atoms with Crippen LogP contribution in [0.3, 0.4) is 0 Å². The molecule has 0 aliphatic heterocycles. The van der Waals surface area contributed by atoms with E-state index < -0.39 is 28.3 Å².